The molecule has 176 valence electrons. The molecule has 9 heteroatoms. The van der Waals surface area contributed by atoms with E-state index in [1.807, 2.05) is 0 Å². The summed E-state index contributed by atoms with van der Waals surface area (Å²) < 4.78 is 26.7. The van der Waals surface area contributed by atoms with Crippen molar-refractivity contribution in [3.63, 3.8) is 0 Å². The minimum Gasteiger partial charge on any atom is -0.352 e. The number of rotatable bonds is 5. The van der Waals surface area contributed by atoms with Gasteiger partial charge in [-0.05, 0) is 43.4 Å². The molecule has 1 aliphatic carbocycles. The molecule has 0 spiro atoms. The Morgan fingerprint density at radius 2 is 1.59 bits per heavy atom. The molecular formula is C23H32F2N4O3. The number of nitrogens with zero attached hydrogens (tertiary/aromatic N) is 1. The average Bonchev–Trinajstić information content (AvgIpc) is 3.23. The molecule has 2 fully saturated rings. The summed E-state index contributed by atoms with van der Waals surface area (Å²) in [5, 5.41) is 8.67. The summed E-state index contributed by atoms with van der Waals surface area (Å²) in [5.74, 6) is -2.43. The third-order valence-corrected chi connectivity index (χ3v) is 6.23. The highest BCUT2D eigenvalue weighted by Gasteiger charge is 2.28. The predicted molar refractivity (Wildman–Crippen MR) is 116 cm³/mol. The molecule has 32 heavy (non-hydrogen) atoms. The average molecular weight is 451 g/mol. The van der Waals surface area contributed by atoms with E-state index in [9.17, 15) is 23.2 Å². The lowest BCUT2D eigenvalue weighted by atomic mass is 9.96. The zero-order valence-electron chi connectivity index (χ0n) is 18.5. The van der Waals surface area contributed by atoms with Gasteiger partial charge in [0.1, 0.15) is 11.6 Å². The van der Waals surface area contributed by atoms with Gasteiger partial charge in [0.2, 0.25) is 11.8 Å². The van der Waals surface area contributed by atoms with Crippen molar-refractivity contribution < 1.29 is 23.2 Å². The Kier molecular flexibility index (Phi) is 8.41. The van der Waals surface area contributed by atoms with E-state index in [1.54, 1.807) is 11.9 Å². The van der Waals surface area contributed by atoms with Crippen molar-refractivity contribution in [3.8, 4) is 0 Å². The summed E-state index contributed by atoms with van der Waals surface area (Å²) >= 11 is 0. The van der Waals surface area contributed by atoms with Crippen LogP contribution in [0.25, 0.3) is 0 Å². The van der Waals surface area contributed by atoms with Gasteiger partial charge in [0.15, 0.2) is 0 Å². The third kappa shape index (κ3) is 7.17. The quantitative estimate of drug-likeness (QED) is 0.644. The van der Waals surface area contributed by atoms with Gasteiger partial charge in [-0.25, -0.2) is 13.6 Å². The summed E-state index contributed by atoms with van der Waals surface area (Å²) in [7, 11) is 1.67. The lowest BCUT2D eigenvalue weighted by Crippen LogP contribution is -2.49. The Hall–Kier alpha value is -2.71. The summed E-state index contributed by atoms with van der Waals surface area (Å²) in [5.41, 5.74) is 0.319. The summed E-state index contributed by atoms with van der Waals surface area (Å²) in [4.78, 5) is 39.2. The Labute approximate surface area is 187 Å². The van der Waals surface area contributed by atoms with Crippen LogP contribution in [0, 0.1) is 17.6 Å². The second-order valence-electron chi connectivity index (χ2n) is 8.90. The molecule has 1 aromatic carbocycles. The molecule has 7 nitrogen and oxygen atoms in total. The number of carbonyl (C=O) groups is 3. The molecule has 3 N–H and O–H groups in total. The third-order valence-electron chi connectivity index (χ3n) is 6.23. The Balaban J connectivity index is 1.53. The molecule has 1 saturated heterocycles. The molecular weight excluding hydrogens is 418 g/mol. The standard InChI is InChI=1S/C23H32F2N4O3/c1-29-14-20(28-23(32)27-19-6-2-3-7-19)8-4-5-16(11-21(29)30)22(31)26-13-15-9-17(24)12-18(25)10-15/h9-10,12,16,19-20H,2-8,11,13-14H2,1H3,(H,26,31)(H2,27,28,32)/t16-,20-/m1/s1. The van der Waals surface area contributed by atoms with Gasteiger partial charge < -0.3 is 20.9 Å². The van der Waals surface area contributed by atoms with E-state index in [-0.39, 0.29) is 42.9 Å². The van der Waals surface area contributed by atoms with Crippen LogP contribution in [0.15, 0.2) is 18.2 Å². The smallest absolute Gasteiger partial charge is 0.315 e. The summed E-state index contributed by atoms with van der Waals surface area (Å²) in [6.45, 7) is 0.368. The molecule has 2 aliphatic rings. The van der Waals surface area contributed by atoms with Crippen LogP contribution < -0.4 is 16.0 Å². The summed E-state index contributed by atoms with van der Waals surface area (Å²) in [6.07, 6.45) is 6.11. The maximum atomic E-state index is 13.3. The zero-order valence-corrected chi connectivity index (χ0v) is 18.5. The Morgan fingerprint density at radius 1 is 0.969 bits per heavy atom. The maximum Gasteiger partial charge on any atom is 0.315 e. The van der Waals surface area contributed by atoms with Crippen LogP contribution in [0.3, 0.4) is 0 Å². The maximum absolute atomic E-state index is 13.3. The van der Waals surface area contributed by atoms with Gasteiger partial charge in [-0.3, -0.25) is 9.59 Å². The number of urea groups is 1. The van der Waals surface area contributed by atoms with Gasteiger partial charge in [0.05, 0.1) is 0 Å². The van der Waals surface area contributed by atoms with E-state index >= 15 is 0 Å². The highest BCUT2D eigenvalue weighted by atomic mass is 19.1. The molecule has 1 aromatic rings. The van der Waals surface area contributed by atoms with E-state index in [0.717, 1.165) is 31.7 Å². The first kappa shape index (κ1) is 23.9. The van der Waals surface area contributed by atoms with Crippen LogP contribution in [0.5, 0.6) is 0 Å². The van der Waals surface area contributed by atoms with Crippen molar-refractivity contribution in [2.45, 2.75) is 70.0 Å². The van der Waals surface area contributed by atoms with Crippen LogP contribution >= 0.6 is 0 Å². The van der Waals surface area contributed by atoms with Crippen molar-refractivity contribution in [1.82, 2.24) is 20.9 Å². The summed E-state index contributed by atoms with van der Waals surface area (Å²) in [6, 6.07) is 2.92. The first-order chi connectivity index (χ1) is 15.3. The molecule has 0 unspecified atom stereocenters. The first-order valence-corrected chi connectivity index (χ1v) is 11.3. The topological polar surface area (TPSA) is 90.5 Å². The molecule has 1 saturated carbocycles. The van der Waals surface area contributed by atoms with Crippen molar-refractivity contribution in [2.24, 2.45) is 5.92 Å². The van der Waals surface area contributed by atoms with E-state index < -0.39 is 17.6 Å². The molecule has 0 bridgehead atoms. The Morgan fingerprint density at radius 3 is 2.28 bits per heavy atom. The van der Waals surface area contributed by atoms with Crippen molar-refractivity contribution in [1.29, 1.82) is 0 Å². The number of hydrogen-bond acceptors (Lipinski definition) is 3. The zero-order chi connectivity index (χ0) is 23.1. The highest BCUT2D eigenvalue weighted by molar-refractivity contribution is 5.85. The number of hydrogen-bond donors (Lipinski definition) is 3. The number of nitrogens with one attached hydrogen (secondary N) is 3. The van der Waals surface area contributed by atoms with Crippen LogP contribution in [-0.4, -0.2) is 48.4 Å². The van der Waals surface area contributed by atoms with Gasteiger partial charge in [-0.15, -0.1) is 0 Å². The van der Waals surface area contributed by atoms with Gasteiger partial charge in [-0.2, -0.15) is 0 Å². The van der Waals surface area contributed by atoms with E-state index in [0.29, 0.717) is 31.4 Å². The number of likely N-dealkylation sites (N-methyl/N-ethyl adjacent to an activating group) is 1. The monoisotopic (exact) mass is 450 g/mol. The fourth-order valence-corrected chi connectivity index (χ4v) is 4.47. The van der Waals surface area contributed by atoms with Gasteiger partial charge in [-0.1, -0.05) is 19.3 Å². The van der Waals surface area contributed by atoms with E-state index in [1.165, 1.54) is 12.1 Å². The van der Waals surface area contributed by atoms with Gasteiger partial charge in [0.25, 0.3) is 0 Å². The fraction of sp³-hybridized carbons (Fsp3) is 0.609. The number of amides is 4. The SMILES string of the molecule is CN1C[C@H](NC(=O)NC2CCCC2)CCC[C@@H](C(=O)NCc2cc(F)cc(F)c2)CC1=O. The second kappa shape index (κ2) is 11.2. The largest absolute Gasteiger partial charge is 0.352 e. The van der Waals surface area contributed by atoms with Gasteiger partial charge >= 0.3 is 6.03 Å². The van der Waals surface area contributed by atoms with Crippen LogP contribution in [0.4, 0.5) is 13.6 Å². The molecule has 2 atom stereocenters. The van der Waals surface area contributed by atoms with E-state index in [2.05, 4.69) is 16.0 Å². The number of carbonyl (C=O) groups excluding carboxylic acids is 3. The first-order valence-electron chi connectivity index (χ1n) is 11.3. The van der Waals surface area contributed by atoms with Crippen molar-refractivity contribution >= 4 is 17.8 Å². The van der Waals surface area contributed by atoms with Crippen LogP contribution in [0.2, 0.25) is 0 Å². The highest BCUT2D eigenvalue weighted by Crippen LogP contribution is 2.20. The molecule has 1 heterocycles. The van der Waals surface area contributed by atoms with Crippen molar-refractivity contribution in [3.05, 3.63) is 35.4 Å². The minimum absolute atomic E-state index is 0.0143. The lowest BCUT2D eigenvalue weighted by molar-refractivity contribution is -0.135. The second-order valence-corrected chi connectivity index (χ2v) is 8.90. The van der Waals surface area contributed by atoms with Crippen LogP contribution in [-0.2, 0) is 16.1 Å². The molecule has 4 amide bonds. The lowest BCUT2D eigenvalue weighted by Gasteiger charge is -2.25. The number of halogens is 2. The number of benzene rings is 1. The van der Waals surface area contributed by atoms with Gasteiger partial charge in [0, 0.05) is 50.6 Å². The predicted octanol–water partition coefficient (Wildman–Crippen LogP) is 2.84. The van der Waals surface area contributed by atoms with Crippen molar-refractivity contribution in [2.75, 3.05) is 13.6 Å². The fourth-order valence-electron chi connectivity index (χ4n) is 4.47. The molecule has 1 aliphatic heterocycles. The Bertz CT molecular complexity index is 809. The molecule has 3 rings (SSSR count). The minimum atomic E-state index is -0.705. The normalized spacial score (nSPS) is 22.6. The molecule has 0 radical (unpaired) electrons. The molecule has 0 aromatic heterocycles. The van der Waals surface area contributed by atoms with Crippen LogP contribution in [0.1, 0.15) is 56.9 Å². The van der Waals surface area contributed by atoms with E-state index in [4.69, 9.17) is 0 Å².